The number of carboxylic acid groups (broad SMARTS) is 1. The number of allylic oxidation sites excluding steroid dienone is 2. The monoisotopic (exact) mass is 327 g/mol. The van der Waals surface area contributed by atoms with Crippen LogP contribution in [-0.2, 0) is 14.4 Å². The largest absolute Gasteiger partial charge is 0.550 e. The van der Waals surface area contributed by atoms with E-state index in [1.54, 1.807) is 31.3 Å². The molecule has 6 heteroatoms. The minimum absolute atomic E-state index is 0.0407. The first-order valence-corrected chi connectivity index (χ1v) is 7.93. The van der Waals surface area contributed by atoms with Gasteiger partial charge in [0.05, 0.1) is 5.92 Å². The number of hydrogen-bond donors (Lipinski definition) is 1. The van der Waals surface area contributed by atoms with Gasteiger partial charge in [-0.05, 0) is 42.5 Å². The highest BCUT2D eigenvalue weighted by Gasteiger charge is 2.48. The van der Waals surface area contributed by atoms with Gasteiger partial charge in [0.15, 0.2) is 0 Å². The molecule has 2 aliphatic rings. The molecule has 1 aromatic rings. The normalized spacial score (nSPS) is 27.1. The Bertz CT molecular complexity index is 710. The third kappa shape index (κ3) is 2.79. The van der Waals surface area contributed by atoms with Gasteiger partial charge in [-0.25, -0.2) is 0 Å². The van der Waals surface area contributed by atoms with Crippen molar-refractivity contribution < 1.29 is 19.5 Å². The lowest BCUT2D eigenvalue weighted by Gasteiger charge is -2.27. The Balaban J connectivity index is 1.72. The van der Waals surface area contributed by atoms with E-state index in [0.717, 1.165) is 5.69 Å². The van der Waals surface area contributed by atoms with Crippen LogP contribution in [0.2, 0.25) is 0 Å². The summed E-state index contributed by atoms with van der Waals surface area (Å²) in [5.74, 6) is -3.05. The predicted molar refractivity (Wildman–Crippen MR) is 86.9 cm³/mol. The average Bonchev–Trinajstić information content (AvgIpc) is 3.15. The fraction of sp³-hybridized carbons (Fsp3) is 0.389. The second kappa shape index (κ2) is 6.11. The highest BCUT2D eigenvalue weighted by atomic mass is 16.4. The van der Waals surface area contributed by atoms with E-state index in [-0.39, 0.29) is 23.7 Å². The number of nitrogens with one attached hydrogen (secondary N) is 1. The van der Waals surface area contributed by atoms with Crippen LogP contribution in [0.3, 0.4) is 0 Å². The number of anilines is 2. The highest BCUT2D eigenvalue weighted by molar-refractivity contribution is 5.96. The molecule has 1 saturated carbocycles. The number of hydrogen-bond acceptors (Lipinski definition) is 4. The maximum absolute atomic E-state index is 12.5. The first kappa shape index (κ1) is 16.2. The molecule has 0 aromatic heterocycles. The van der Waals surface area contributed by atoms with E-state index < -0.39 is 17.8 Å². The Hall–Kier alpha value is -2.63. The van der Waals surface area contributed by atoms with Crippen LogP contribution in [0.5, 0.6) is 0 Å². The number of amides is 2. The van der Waals surface area contributed by atoms with Crippen LogP contribution in [-0.4, -0.2) is 24.8 Å². The molecule has 1 fully saturated rings. The molecule has 6 nitrogen and oxygen atoms in total. The molecule has 2 amide bonds. The lowest BCUT2D eigenvalue weighted by atomic mass is 9.82. The van der Waals surface area contributed by atoms with Crippen molar-refractivity contribution in [3.63, 3.8) is 0 Å². The van der Waals surface area contributed by atoms with Crippen molar-refractivity contribution in [2.75, 3.05) is 17.3 Å². The summed E-state index contributed by atoms with van der Waals surface area (Å²) < 4.78 is 0. The second-order valence-electron chi connectivity index (χ2n) is 6.43. The van der Waals surface area contributed by atoms with E-state index in [1.807, 2.05) is 12.2 Å². The van der Waals surface area contributed by atoms with Crippen molar-refractivity contribution >= 4 is 29.2 Å². The van der Waals surface area contributed by atoms with Crippen LogP contribution < -0.4 is 15.3 Å². The molecule has 0 unspecified atom stereocenters. The molecular weight excluding hydrogens is 308 g/mol. The van der Waals surface area contributed by atoms with Gasteiger partial charge in [-0.1, -0.05) is 12.2 Å². The molecule has 0 saturated heterocycles. The lowest BCUT2D eigenvalue weighted by molar-refractivity contribution is -0.313. The van der Waals surface area contributed by atoms with E-state index in [9.17, 15) is 19.5 Å². The maximum Gasteiger partial charge on any atom is 0.228 e. The van der Waals surface area contributed by atoms with E-state index >= 15 is 0 Å². The molecule has 24 heavy (non-hydrogen) atoms. The van der Waals surface area contributed by atoms with Crippen molar-refractivity contribution in [3.8, 4) is 0 Å². The van der Waals surface area contributed by atoms with Crippen molar-refractivity contribution in [1.29, 1.82) is 0 Å². The predicted octanol–water partition coefficient (Wildman–Crippen LogP) is 0.796. The summed E-state index contributed by atoms with van der Waals surface area (Å²) in [6.45, 7) is 1.47. The van der Waals surface area contributed by atoms with E-state index in [4.69, 9.17) is 0 Å². The molecule has 2 bridgehead atoms. The summed E-state index contributed by atoms with van der Waals surface area (Å²) in [6.07, 6.45) is 4.50. The molecule has 2 aliphatic carbocycles. The standard InChI is InChI=1S/C18H20N2O4/c1-10(21)20(2)14-7-5-13(6-8-14)19-17(22)15-11-3-4-12(9-11)16(15)18(23)24/h3-8,11-12,15-16H,9H2,1-2H3,(H,19,22)(H,23,24)/p-1/t11-,12+,15-,16+/m1/s1. The van der Waals surface area contributed by atoms with Crippen LogP contribution in [0.25, 0.3) is 0 Å². The van der Waals surface area contributed by atoms with E-state index in [0.29, 0.717) is 12.1 Å². The van der Waals surface area contributed by atoms with E-state index in [1.165, 1.54) is 11.8 Å². The van der Waals surface area contributed by atoms with Crippen LogP contribution in [0, 0.1) is 23.7 Å². The topological polar surface area (TPSA) is 89.5 Å². The summed E-state index contributed by atoms with van der Waals surface area (Å²) in [5.41, 5.74) is 1.29. The summed E-state index contributed by atoms with van der Waals surface area (Å²) in [5, 5.41) is 14.2. The first-order valence-electron chi connectivity index (χ1n) is 7.93. The lowest BCUT2D eigenvalue weighted by Crippen LogP contribution is -2.42. The van der Waals surface area contributed by atoms with Gasteiger partial charge in [0.25, 0.3) is 0 Å². The van der Waals surface area contributed by atoms with Gasteiger partial charge in [-0.3, -0.25) is 9.59 Å². The van der Waals surface area contributed by atoms with E-state index in [2.05, 4.69) is 5.32 Å². The van der Waals surface area contributed by atoms with Gasteiger partial charge < -0.3 is 20.1 Å². The quantitative estimate of drug-likeness (QED) is 0.828. The molecule has 126 valence electrons. The number of aliphatic carboxylic acids is 1. The van der Waals surface area contributed by atoms with Crippen LogP contribution >= 0.6 is 0 Å². The van der Waals surface area contributed by atoms with Crippen LogP contribution in [0.1, 0.15) is 13.3 Å². The van der Waals surface area contributed by atoms with Gasteiger partial charge in [0, 0.05) is 37.2 Å². The Labute approximate surface area is 140 Å². The maximum atomic E-state index is 12.5. The Morgan fingerprint density at radius 3 is 2.21 bits per heavy atom. The zero-order valence-corrected chi connectivity index (χ0v) is 13.6. The van der Waals surface area contributed by atoms with Gasteiger partial charge in [0.1, 0.15) is 0 Å². The summed E-state index contributed by atoms with van der Waals surface area (Å²) in [6, 6.07) is 6.86. The molecule has 1 N–H and O–H groups in total. The highest BCUT2D eigenvalue weighted by Crippen LogP contribution is 2.48. The molecular formula is C18H19N2O4-. The zero-order valence-electron chi connectivity index (χ0n) is 13.6. The number of rotatable bonds is 4. The molecule has 0 spiro atoms. The molecule has 0 heterocycles. The van der Waals surface area contributed by atoms with Crippen molar-refractivity contribution in [2.45, 2.75) is 13.3 Å². The number of nitrogens with zero attached hydrogens (tertiary/aromatic N) is 1. The number of benzene rings is 1. The third-order valence-electron chi connectivity index (χ3n) is 5.03. The van der Waals surface area contributed by atoms with Gasteiger partial charge in [-0.15, -0.1) is 0 Å². The SMILES string of the molecule is CC(=O)N(C)c1ccc(NC(=O)[C@H]2[C@@H](C(=O)[O-])[C@H]3C=C[C@@H]2C3)cc1. The minimum atomic E-state index is -1.16. The molecule has 1 aromatic carbocycles. The van der Waals surface area contributed by atoms with Crippen molar-refractivity contribution in [2.24, 2.45) is 23.7 Å². The fourth-order valence-electron chi connectivity index (χ4n) is 3.68. The summed E-state index contributed by atoms with van der Waals surface area (Å²) in [4.78, 5) is 36.8. The Kier molecular flexibility index (Phi) is 4.13. The fourth-order valence-corrected chi connectivity index (χ4v) is 3.68. The number of carbonyl (C=O) groups is 3. The summed E-state index contributed by atoms with van der Waals surface area (Å²) in [7, 11) is 1.67. The zero-order chi connectivity index (χ0) is 17.4. The van der Waals surface area contributed by atoms with Crippen molar-refractivity contribution in [1.82, 2.24) is 0 Å². The van der Waals surface area contributed by atoms with Gasteiger partial charge in [0.2, 0.25) is 11.8 Å². The molecule has 3 rings (SSSR count). The number of carboxylic acids is 1. The smallest absolute Gasteiger partial charge is 0.228 e. The number of carbonyl (C=O) groups excluding carboxylic acids is 3. The Morgan fingerprint density at radius 2 is 1.67 bits per heavy atom. The van der Waals surface area contributed by atoms with Crippen LogP contribution in [0.15, 0.2) is 36.4 Å². The molecule has 0 aliphatic heterocycles. The Morgan fingerprint density at radius 1 is 1.08 bits per heavy atom. The average molecular weight is 327 g/mol. The molecule has 4 atom stereocenters. The first-order chi connectivity index (χ1) is 11.4. The van der Waals surface area contributed by atoms with Gasteiger partial charge in [-0.2, -0.15) is 0 Å². The number of fused-ring (bicyclic) bond motifs is 2. The molecule has 0 radical (unpaired) electrons. The third-order valence-corrected chi connectivity index (χ3v) is 5.03. The minimum Gasteiger partial charge on any atom is -0.550 e. The van der Waals surface area contributed by atoms with Crippen molar-refractivity contribution in [3.05, 3.63) is 36.4 Å². The summed E-state index contributed by atoms with van der Waals surface area (Å²) >= 11 is 0. The van der Waals surface area contributed by atoms with Gasteiger partial charge >= 0.3 is 0 Å². The second-order valence-corrected chi connectivity index (χ2v) is 6.43. The van der Waals surface area contributed by atoms with Crippen LogP contribution in [0.4, 0.5) is 11.4 Å².